The summed E-state index contributed by atoms with van der Waals surface area (Å²) in [5.74, 6) is -0.495. The number of rotatable bonds is 7. The van der Waals surface area contributed by atoms with E-state index in [0.717, 1.165) is 31.4 Å². The predicted octanol–water partition coefficient (Wildman–Crippen LogP) is 3.04. The zero-order chi connectivity index (χ0) is 15.0. The fourth-order valence-electron chi connectivity index (χ4n) is 1.57. The number of benzene rings is 1. The van der Waals surface area contributed by atoms with E-state index >= 15 is 0 Å². The number of unbranched alkanes of at least 4 members (excludes halogenated alkanes) is 2. The maximum atomic E-state index is 12.0. The molecule has 0 bridgehead atoms. The molecule has 20 heavy (non-hydrogen) atoms. The summed E-state index contributed by atoms with van der Waals surface area (Å²) in [4.78, 5) is 11.5. The Morgan fingerprint density at radius 2 is 1.80 bits per heavy atom. The topological polar surface area (TPSA) is 64.4 Å². The van der Waals surface area contributed by atoms with Gasteiger partial charge in [-0.3, -0.25) is 4.79 Å². The quantitative estimate of drug-likeness (QED) is 0.759. The van der Waals surface area contributed by atoms with Gasteiger partial charge in [0, 0.05) is 12.1 Å². The van der Waals surface area contributed by atoms with Gasteiger partial charge in [0.1, 0.15) is 5.75 Å². The second-order valence-corrected chi connectivity index (χ2v) is 4.22. The Kier molecular flexibility index (Phi) is 6.30. The van der Waals surface area contributed by atoms with Crippen LogP contribution in [-0.2, 0) is 4.79 Å². The number of carbonyl (C=O) groups is 1. The van der Waals surface area contributed by atoms with Crippen LogP contribution in [0, 0.1) is 0 Å². The summed E-state index contributed by atoms with van der Waals surface area (Å²) in [6.07, 6.45) is -1.87. The van der Waals surface area contributed by atoms with E-state index < -0.39 is 6.36 Å². The van der Waals surface area contributed by atoms with E-state index in [-0.39, 0.29) is 11.7 Å². The first-order valence-electron chi connectivity index (χ1n) is 6.26. The molecule has 0 heterocycles. The molecule has 0 aliphatic rings. The lowest BCUT2D eigenvalue weighted by Gasteiger charge is -2.10. The summed E-state index contributed by atoms with van der Waals surface area (Å²) in [7, 11) is 0. The maximum absolute atomic E-state index is 12.0. The second kappa shape index (κ2) is 7.74. The fraction of sp³-hybridized carbons (Fsp3) is 0.462. The molecular formula is C13H17F3N2O2. The van der Waals surface area contributed by atoms with E-state index in [4.69, 9.17) is 5.73 Å². The van der Waals surface area contributed by atoms with E-state index in [0.29, 0.717) is 18.7 Å². The minimum atomic E-state index is -4.71. The number of hydrogen-bond donors (Lipinski definition) is 2. The molecule has 0 atom stereocenters. The first-order chi connectivity index (χ1) is 9.40. The lowest BCUT2D eigenvalue weighted by Crippen LogP contribution is -2.17. The Bertz CT molecular complexity index is 419. The van der Waals surface area contributed by atoms with Gasteiger partial charge in [0.25, 0.3) is 0 Å². The smallest absolute Gasteiger partial charge is 0.406 e. The maximum Gasteiger partial charge on any atom is 0.573 e. The van der Waals surface area contributed by atoms with E-state index in [2.05, 4.69) is 10.1 Å². The number of nitrogens with one attached hydrogen (secondary N) is 1. The van der Waals surface area contributed by atoms with Gasteiger partial charge >= 0.3 is 6.36 Å². The zero-order valence-corrected chi connectivity index (χ0v) is 10.9. The molecule has 0 fully saturated rings. The molecule has 0 aliphatic heterocycles. The van der Waals surface area contributed by atoms with Gasteiger partial charge in [-0.25, -0.2) is 0 Å². The van der Waals surface area contributed by atoms with Crippen molar-refractivity contribution < 1.29 is 22.7 Å². The largest absolute Gasteiger partial charge is 0.573 e. The summed E-state index contributed by atoms with van der Waals surface area (Å²) in [6.45, 7) is 0.599. The number of amides is 1. The molecule has 0 saturated carbocycles. The van der Waals surface area contributed by atoms with Crippen LogP contribution in [0.25, 0.3) is 0 Å². The summed E-state index contributed by atoms with van der Waals surface area (Å²) in [6, 6.07) is 5.02. The van der Waals surface area contributed by atoms with Gasteiger partial charge in [-0.15, -0.1) is 13.2 Å². The van der Waals surface area contributed by atoms with Crippen LogP contribution in [0.3, 0.4) is 0 Å². The molecule has 1 amide bonds. The highest BCUT2D eigenvalue weighted by Gasteiger charge is 2.30. The van der Waals surface area contributed by atoms with Gasteiger partial charge in [-0.2, -0.15) is 0 Å². The highest BCUT2D eigenvalue weighted by atomic mass is 19.4. The predicted molar refractivity (Wildman–Crippen MR) is 69.3 cm³/mol. The van der Waals surface area contributed by atoms with Crippen LogP contribution >= 0.6 is 0 Å². The Morgan fingerprint density at radius 1 is 1.15 bits per heavy atom. The third-order valence-corrected chi connectivity index (χ3v) is 2.48. The highest BCUT2D eigenvalue weighted by Crippen LogP contribution is 2.23. The van der Waals surface area contributed by atoms with Crippen molar-refractivity contribution in [1.29, 1.82) is 0 Å². The molecule has 0 unspecified atom stereocenters. The molecule has 4 nitrogen and oxygen atoms in total. The standard InChI is InChI=1S/C13H17F3N2O2/c14-13(15,16)20-11-7-5-10(6-8-11)18-12(19)4-2-1-3-9-17/h5-8H,1-4,9,17H2,(H,18,19). The van der Waals surface area contributed by atoms with Gasteiger partial charge in [-0.05, 0) is 43.7 Å². The molecule has 3 N–H and O–H groups in total. The number of carbonyl (C=O) groups excluding carboxylic acids is 1. The van der Waals surface area contributed by atoms with Crippen LogP contribution in [0.4, 0.5) is 18.9 Å². The molecule has 0 saturated heterocycles. The normalized spacial score (nSPS) is 11.2. The van der Waals surface area contributed by atoms with E-state index in [9.17, 15) is 18.0 Å². The average Bonchev–Trinajstić information content (AvgIpc) is 2.35. The van der Waals surface area contributed by atoms with Gasteiger partial charge in [0.05, 0.1) is 0 Å². The van der Waals surface area contributed by atoms with Crippen LogP contribution in [0.15, 0.2) is 24.3 Å². The molecule has 0 aromatic heterocycles. The summed E-state index contributed by atoms with van der Waals surface area (Å²) < 4.78 is 39.6. The average molecular weight is 290 g/mol. The Balaban J connectivity index is 2.39. The number of halogens is 3. The minimum Gasteiger partial charge on any atom is -0.406 e. The van der Waals surface area contributed by atoms with E-state index in [1.165, 1.54) is 12.1 Å². The third kappa shape index (κ3) is 6.98. The molecule has 0 aliphatic carbocycles. The van der Waals surface area contributed by atoms with Crippen molar-refractivity contribution in [3.8, 4) is 5.75 Å². The fourth-order valence-corrected chi connectivity index (χ4v) is 1.57. The first-order valence-corrected chi connectivity index (χ1v) is 6.26. The SMILES string of the molecule is NCCCCCC(=O)Nc1ccc(OC(F)(F)F)cc1. The molecule has 1 rings (SSSR count). The van der Waals surface area contributed by atoms with Crippen molar-refractivity contribution in [2.45, 2.75) is 32.0 Å². The van der Waals surface area contributed by atoms with Crippen molar-refractivity contribution in [2.75, 3.05) is 11.9 Å². The van der Waals surface area contributed by atoms with Crippen LogP contribution < -0.4 is 15.8 Å². The van der Waals surface area contributed by atoms with Crippen molar-refractivity contribution >= 4 is 11.6 Å². The number of anilines is 1. The number of hydrogen-bond acceptors (Lipinski definition) is 3. The van der Waals surface area contributed by atoms with Crippen molar-refractivity contribution in [1.82, 2.24) is 0 Å². The Labute approximate surface area is 115 Å². The van der Waals surface area contributed by atoms with E-state index in [1.807, 2.05) is 0 Å². The monoisotopic (exact) mass is 290 g/mol. The molecule has 7 heteroatoms. The third-order valence-electron chi connectivity index (χ3n) is 2.48. The Hall–Kier alpha value is -1.76. The summed E-state index contributed by atoms with van der Waals surface area (Å²) >= 11 is 0. The molecule has 0 radical (unpaired) electrons. The van der Waals surface area contributed by atoms with Gasteiger partial charge in [0.2, 0.25) is 5.91 Å². The van der Waals surface area contributed by atoms with Gasteiger partial charge in [-0.1, -0.05) is 6.42 Å². The Morgan fingerprint density at radius 3 is 2.35 bits per heavy atom. The molecule has 112 valence electrons. The number of alkyl halides is 3. The van der Waals surface area contributed by atoms with Crippen LogP contribution in [0.5, 0.6) is 5.75 Å². The molecule has 0 spiro atoms. The number of ether oxygens (including phenoxy) is 1. The lowest BCUT2D eigenvalue weighted by molar-refractivity contribution is -0.274. The van der Waals surface area contributed by atoms with Gasteiger partial charge < -0.3 is 15.8 Å². The highest BCUT2D eigenvalue weighted by molar-refractivity contribution is 5.90. The summed E-state index contributed by atoms with van der Waals surface area (Å²) in [5, 5.41) is 2.60. The summed E-state index contributed by atoms with van der Waals surface area (Å²) in [5.41, 5.74) is 5.77. The first kappa shape index (κ1) is 16.3. The van der Waals surface area contributed by atoms with Crippen molar-refractivity contribution in [2.24, 2.45) is 5.73 Å². The zero-order valence-electron chi connectivity index (χ0n) is 10.9. The minimum absolute atomic E-state index is 0.175. The second-order valence-electron chi connectivity index (χ2n) is 4.22. The van der Waals surface area contributed by atoms with Crippen LogP contribution in [0.2, 0.25) is 0 Å². The lowest BCUT2D eigenvalue weighted by atomic mass is 10.2. The van der Waals surface area contributed by atoms with Crippen molar-refractivity contribution in [3.63, 3.8) is 0 Å². The van der Waals surface area contributed by atoms with E-state index in [1.54, 1.807) is 0 Å². The van der Waals surface area contributed by atoms with Crippen molar-refractivity contribution in [3.05, 3.63) is 24.3 Å². The molecule has 1 aromatic carbocycles. The van der Waals surface area contributed by atoms with Crippen LogP contribution in [-0.4, -0.2) is 18.8 Å². The van der Waals surface area contributed by atoms with Gasteiger partial charge in [0.15, 0.2) is 0 Å². The molecule has 1 aromatic rings. The number of nitrogens with two attached hydrogens (primary N) is 1. The molecular weight excluding hydrogens is 273 g/mol. The van der Waals surface area contributed by atoms with Crippen LogP contribution in [0.1, 0.15) is 25.7 Å².